The van der Waals surface area contributed by atoms with Crippen LogP contribution in [0.1, 0.15) is 91.1 Å². The highest BCUT2D eigenvalue weighted by Gasteiger charge is 2.35. The molecule has 5 amide bonds. The van der Waals surface area contributed by atoms with Gasteiger partial charge in [0.25, 0.3) is 23.6 Å². The lowest BCUT2D eigenvalue weighted by Gasteiger charge is -2.22. The van der Waals surface area contributed by atoms with Gasteiger partial charge in [0.15, 0.2) is 17.2 Å². The van der Waals surface area contributed by atoms with Crippen LogP contribution in [0.5, 0.6) is 0 Å². The van der Waals surface area contributed by atoms with Crippen LogP contribution in [-0.2, 0) is 9.59 Å². The molecule has 23 heteroatoms. The molecular weight excluding hydrogens is 918 g/mol. The van der Waals surface area contributed by atoms with Crippen molar-refractivity contribution in [3.8, 4) is 22.5 Å². The number of imidazole rings is 2. The van der Waals surface area contributed by atoms with Crippen LogP contribution in [0, 0.1) is 11.6 Å². The first-order valence-corrected chi connectivity index (χ1v) is 21.3. The Morgan fingerprint density at radius 1 is 0.696 bits per heavy atom. The minimum absolute atomic E-state index is 0.0194. The Hall–Kier alpha value is -8.63. The highest BCUT2D eigenvalue weighted by Crippen LogP contribution is 2.35. The average Bonchev–Trinajstić information content (AvgIpc) is 4.16. The van der Waals surface area contributed by atoms with Gasteiger partial charge in [-0.05, 0) is 92.4 Å². The molecule has 2 atom stereocenters. The summed E-state index contributed by atoms with van der Waals surface area (Å²) in [6.45, 7) is 7.98. The Labute approximate surface area is 397 Å². The summed E-state index contributed by atoms with van der Waals surface area (Å²) in [6.07, 6.45) is 8.00. The smallest absolute Gasteiger partial charge is 0.269 e. The van der Waals surface area contributed by atoms with Gasteiger partial charge in [0, 0.05) is 53.3 Å². The molecule has 0 radical (unpaired) electrons. The molecule has 2 aliphatic rings. The number of amides is 5. The zero-order valence-electron chi connectivity index (χ0n) is 36.6. The number of benzene rings is 2. The second-order valence-corrected chi connectivity index (χ2v) is 15.5. The number of pyridine rings is 2. The molecule has 0 unspecified atom stereocenters. The van der Waals surface area contributed by atoms with Gasteiger partial charge in [-0.1, -0.05) is 37.4 Å². The quantitative estimate of drug-likeness (QED) is 0.0505. The maximum atomic E-state index is 13.3. The van der Waals surface area contributed by atoms with Gasteiger partial charge >= 0.3 is 0 Å². The lowest BCUT2D eigenvalue weighted by Crippen LogP contribution is -2.32. The topological polar surface area (TPSA) is 307 Å². The van der Waals surface area contributed by atoms with E-state index in [1.54, 1.807) is 41.3 Å². The van der Waals surface area contributed by atoms with Crippen LogP contribution in [0.25, 0.3) is 22.5 Å². The first-order valence-electron chi connectivity index (χ1n) is 20.9. The van der Waals surface area contributed by atoms with Crippen molar-refractivity contribution in [1.29, 1.82) is 0 Å². The number of nitrogens with one attached hydrogen (secondary N) is 3. The molecule has 6 heterocycles. The normalized spacial score (nSPS) is 14.9. The highest BCUT2D eigenvalue weighted by atomic mass is 35.5. The maximum absolute atomic E-state index is 13.3. The number of carbonyl (C=O) groups excluding carboxylic acids is 6. The number of hydrogen-bond donors (Lipinski definition) is 7. The van der Waals surface area contributed by atoms with Crippen LogP contribution >= 0.6 is 11.6 Å². The third kappa shape index (κ3) is 11.9. The van der Waals surface area contributed by atoms with Gasteiger partial charge in [0.05, 0.1) is 12.1 Å². The number of aromatic nitrogens is 6. The lowest BCUT2D eigenvalue weighted by atomic mass is 10.1. The summed E-state index contributed by atoms with van der Waals surface area (Å²) >= 11 is 4.71. The number of allylic oxidation sites excluding steroid dienone is 1. The molecule has 0 aliphatic carbocycles. The van der Waals surface area contributed by atoms with Crippen LogP contribution in [0.15, 0.2) is 111 Å². The van der Waals surface area contributed by atoms with Crippen LogP contribution in [0.3, 0.4) is 0 Å². The molecule has 2 aliphatic heterocycles. The Balaban J connectivity index is 0.000000208. The van der Waals surface area contributed by atoms with Gasteiger partial charge in [-0.25, -0.2) is 38.1 Å². The number of nitrogens with zero attached hydrogens (tertiary/aromatic N) is 7. The minimum atomic E-state index is -0.783. The van der Waals surface area contributed by atoms with Crippen molar-refractivity contribution in [2.24, 2.45) is 11.5 Å². The number of anilines is 2. The van der Waals surface area contributed by atoms with E-state index in [0.29, 0.717) is 47.0 Å². The van der Waals surface area contributed by atoms with Crippen LogP contribution in [-0.4, -0.2) is 82.1 Å². The maximum Gasteiger partial charge on any atom is 0.269 e. The minimum Gasteiger partial charge on any atom is -0.364 e. The standard InChI is InChI=1S/C23H22FN7O3.C20H20FN7O2.C3H3ClO/c1-2-18(32)30-11-3-4-16(30)22-29-19(20(21(25)33)31(22)26)13-5-7-14(8-6-13)23(34)28-17-12-15(24)9-10-27-17;21-13-7-9-25-15(10-13)26-20(30)12-5-3-11(4-6-12)16-17(18(22)29)28(23)19(27-16)14-2-1-8-24-14;1-2-3(4)5/h2,5-10,12,16H,1,3-4,11,26H2,(H2,25,33)(H,27,28,34);3-7,9-10,14,24H,1-2,8,23H2,(H2,22,29)(H,25,26,30);2H,1H2/t16-;14-;/m00./s1. The summed E-state index contributed by atoms with van der Waals surface area (Å²) in [4.78, 5) is 89.3. The van der Waals surface area contributed by atoms with Gasteiger partial charge in [-0.3, -0.25) is 28.8 Å². The van der Waals surface area contributed by atoms with E-state index in [2.05, 4.69) is 49.0 Å². The largest absolute Gasteiger partial charge is 0.364 e. The van der Waals surface area contributed by atoms with Crippen LogP contribution in [0.2, 0.25) is 0 Å². The monoisotopic (exact) mass is 962 g/mol. The van der Waals surface area contributed by atoms with Crippen molar-refractivity contribution in [2.45, 2.75) is 37.8 Å². The van der Waals surface area contributed by atoms with Gasteiger partial charge in [-0.15, -0.1) is 0 Å². The molecule has 2 saturated heterocycles. The molecule has 20 nitrogen and oxygen atoms in total. The second-order valence-electron chi connectivity index (χ2n) is 15.1. The molecule has 0 bridgehead atoms. The summed E-state index contributed by atoms with van der Waals surface area (Å²) < 4.78 is 28.9. The number of halogens is 3. The third-order valence-electron chi connectivity index (χ3n) is 10.7. The fourth-order valence-corrected chi connectivity index (χ4v) is 7.46. The number of hydrogen-bond acceptors (Lipinski definition) is 13. The van der Waals surface area contributed by atoms with Crippen LogP contribution < -0.4 is 39.1 Å². The van der Waals surface area contributed by atoms with Gasteiger partial charge in [0.1, 0.15) is 40.5 Å². The summed E-state index contributed by atoms with van der Waals surface area (Å²) in [5.41, 5.74) is 13.5. The van der Waals surface area contributed by atoms with E-state index in [4.69, 9.17) is 34.8 Å². The number of carbonyl (C=O) groups is 6. The van der Waals surface area contributed by atoms with Crippen molar-refractivity contribution in [2.75, 3.05) is 35.4 Å². The van der Waals surface area contributed by atoms with Crippen LogP contribution in [0.4, 0.5) is 20.4 Å². The average molecular weight is 963 g/mol. The molecule has 2 fully saturated rings. The summed E-state index contributed by atoms with van der Waals surface area (Å²) in [5.74, 6) is 9.66. The van der Waals surface area contributed by atoms with E-state index in [0.717, 1.165) is 48.7 Å². The molecule has 4 aromatic heterocycles. The van der Waals surface area contributed by atoms with E-state index >= 15 is 0 Å². The van der Waals surface area contributed by atoms with Crippen molar-refractivity contribution < 1.29 is 37.5 Å². The number of primary amides is 2. The van der Waals surface area contributed by atoms with E-state index in [1.165, 1.54) is 47.4 Å². The van der Waals surface area contributed by atoms with Crippen molar-refractivity contribution >= 4 is 58.0 Å². The Bertz CT molecular complexity index is 2940. The highest BCUT2D eigenvalue weighted by molar-refractivity contribution is 6.66. The third-order valence-corrected chi connectivity index (χ3v) is 10.8. The zero-order chi connectivity index (χ0) is 49.9. The SMILES string of the molecule is C=CC(=O)Cl.C=CC(=O)N1CCC[C@H]1c1nc(-c2ccc(C(=O)Nc3cc(F)ccn3)cc2)c(C(N)=O)n1N.NC(=O)c1c(-c2ccc(C(=O)Nc3cc(F)ccn3)cc2)nc([C@@H]2CCCN2)n1N. The first kappa shape index (κ1) is 49.8. The number of rotatable bonds is 12. The summed E-state index contributed by atoms with van der Waals surface area (Å²) in [7, 11) is 0. The van der Waals surface area contributed by atoms with E-state index in [9.17, 15) is 37.5 Å². The molecule has 8 rings (SSSR count). The Morgan fingerprint density at radius 2 is 1.16 bits per heavy atom. The fraction of sp³-hybridized carbons (Fsp3) is 0.174. The molecule has 0 saturated carbocycles. The summed E-state index contributed by atoms with van der Waals surface area (Å²) in [6, 6.07) is 16.8. The predicted octanol–water partition coefficient (Wildman–Crippen LogP) is 4.51. The van der Waals surface area contributed by atoms with E-state index in [-0.39, 0.29) is 46.2 Å². The Kier molecular flexibility index (Phi) is 16.0. The number of nitrogens with two attached hydrogens (primary N) is 4. The van der Waals surface area contributed by atoms with Gasteiger partial charge < -0.3 is 44.0 Å². The second kappa shape index (κ2) is 22.2. The predicted molar refractivity (Wildman–Crippen MR) is 252 cm³/mol. The zero-order valence-corrected chi connectivity index (χ0v) is 37.3. The molecule has 356 valence electrons. The number of likely N-dealkylation sites (tertiary alicyclic amines) is 1. The number of nitrogen functional groups attached to an aromatic ring is 2. The fourth-order valence-electron chi connectivity index (χ4n) is 7.46. The van der Waals surface area contributed by atoms with Crippen molar-refractivity contribution in [3.05, 3.63) is 156 Å². The van der Waals surface area contributed by atoms with E-state index in [1.807, 2.05) is 0 Å². The molecule has 11 N–H and O–H groups in total. The molecule has 2 aromatic carbocycles. The molecule has 0 spiro atoms. The molecule has 69 heavy (non-hydrogen) atoms. The van der Waals surface area contributed by atoms with Gasteiger partial charge in [-0.2, -0.15) is 0 Å². The van der Waals surface area contributed by atoms with E-state index < -0.39 is 46.5 Å². The first-order chi connectivity index (χ1) is 33.0. The Morgan fingerprint density at radius 3 is 1.57 bits per heavy atom. The van der Waals surface area contributed by atoms with Crippen molar-refractivity contribution in [3.63, 3.8) is 0 Å². The summed E-state index contributed by atoms with van der Waals surface area (Å²) in [5, 5.41) is 7.82. The van der Waals surface area contributed by atoms with Crippen molar-refractivity contribution in [1.82, 2.24) is 39.5 Å². The van der Waals surface area contributed by atoms with Gasteiger partial charge in [0.2, 0.25) is 11.1 Å². The lowest BCUT2D eigenvalue weighted by molar-refractivity contribution is -0.127. The molecule has 6 aromatic rings. The molecular formula is C46H45ClF2N14O6.